The van der Waals surface area contributed by atoms with Gasteiger partial charge in [-0.3, -0.25) is 10.1 Å². The summed E-state index contributed by atoms with van der Waals surface area (Å²) in [5, 5.41) is 3.33. The number of pyridine rings is 1. The van der Waals surface area contributed by atoms with Crippen LogP contribution in [0.4, 0.5) is 5.13 Å². The van der Waals surface area contributed by atoms with Crippen LogP contribution >= 0.6 is 11.3 Å². The first-order valence-corrected chi connectivity index (χ1v) is 6.75. The summed E-state index contributed by atoms with van der Waals surface area (Å²) in [6, 6.07) is 11.1. The molecule has 100 valence electrons. The van der Waals surface area contributed by atoms with Gasteiger partial charge in [-0.05, 0) is 24.3 Å². The van der Waals surface area contributed by atoms with E-state index < -0.39 is 0 Å². The van der Waals surface area contributed by atoms with E-state index in [2.05, 4.69) is 15.3 Å². The maximum atomic E-state index is 12.2. The van der Waals surface area contributed by atoms with Gasteiger partial charge in [0.1, 0.15) is 5.56 Å². The van der Waals surface area contributed by atoms with Gasteiger partial charge in [0, 0.05) is 6.20 Å². The van der Waals surface area contributed by atoms with E-state index in [0.29, 0.717) is 16.6 Å². The summed E-state index contributed by atoms with van der Waals surface area (Å²) in [6.45, 7) is 0. The Hall–Kier alpha value is -2.47. The van der Waals surface area contributed by atoms with E-state index in [9.17, 15) is 4.79 Å². The van der Waals surface area contributed by atoms with E-state index in [4.69, 9.17) is 4.74 Å². The van der Waals surface area contributed by atoms with Gasteiger partial charge in [0.05, 0.1) is 17.3 Å². The lowest BCUT2D eigenvalue weighted by atomic mass is 10.2. The topological polar surface area (TPSA) is 64.1 Å². The molecule has 0 radical (unpaired) electrons. The summed E-state index contributed by atoms with van der Waals surface area (Å²) in [5.74, 6) is 0.0140. The molecule has 0 aliphatic rings. The molecule has 0 aliphatic carbocycles. The van der Waals surface area contributed by atoms with E-state index >= 15 is 0 Å². The van der Waals surface area contributed by atoms with Crippen LogP contribution in [0, 0.1) is 0 Å². The van der Waals surface area contributed by atoms with E-state index in [1.54, 1.807) is 18.3 Å². The SMILES string of the molecule is COc1ncccc1C(=O)Nc1nc2ccccc2s1. The standard InChI is InChI=1S/C14H11N3O2S/c1-19-13-9(5-4-8-15-13)12(18)17-14-16-10-6-2-3-7-11(10)20-14/h2-8H,1H3,(H,16,17,18). The van der Waals surface area contributed by atoms with E-state index in [1.165, 1.54) is 18.4 Å². The summed E-state index contributed by atoms with van der Waals surface area (Å²) in [6.07, 6.45) is 1.58. The van der Waals surface area contributed by atoms with Crippen molar-refractivity contribution in [3.05, 3.63) is 48.2 Å². The Morgan fingerprint density at radius 2 is 2.10 bits per heavy atom. The van der Waals surface area contributed by atoms with Crippen LogP contribution in [0.15, 0.2) is 42.6 Å². The molecule has 5 nitrogen and oxygen atoms in total. The second-order valence-corrected chi connectivity index (χ2v) is 5.03. The summed E-state index contributed by atoms with van der Waals surface area (Å²) in [5.41, 5.74) is 1.25. The van der Waals surface area contributed by atoms with Crippen molar-refractivity contribution in [1.82, 2.24) is 9.97 Å². The number of rotatable bonds is 3. The van der Waals surface area contributed by atoms with Crippen molar-refractivity contribution in [2.75, 3.05) is 12.4 Å². The molecule has 3 aromatic rings. The van der Waals surface area contributed by atoms with Gasteiger partial charge in [-0.2, -0.15) is 0 Å². The highest BCUT2D eigenvalue weighted by molar-refractivity contribution is 7.22. The van der Waals surface area contributed by atoms with Crippen LogP contribution in [0.1, 0.15) is 10.4 Å². The van der Waals surface area contributed by atoms with Gasteiger partial charge < -0.3 is 4.74 Å². The molecule has 1 amide bonds. The van der Waals surface area contributed by atoms with Crippen LogP contribution in [0.2, 0.25) is 0 Å². The molecule has 0 spiro atoms. The van der Waals surface area contributed by atoms with Crippen LogP contribution in [0.3, 0.4) is 0 Å². The maximum absolute atomic E-state index is 12.2. The number of fused-ring (bicyclic) bond motifs is 1. The number of carbonyl (C=O) groups is 1. The predicted octanol–water partition coefficient (Wildman–Crippen LogP) is 2.95. The highest BCUT2D eigenvalue weighted by Crippen LogP contribution is 2.26. The van der Waals surface area contributed by atoms with Crippen LogP contribution in [-0.4, -0.2) is 23.0 Å². The predicted molar refractivity (Wildman–Crippen MR) is 78.4 cm³/mol. The first-order valence-electron chi connectivity index (χ1n) is 5.94. The van der Waals surface area contributed by atoms with Crippen LogP contribution in [-0.2, 0) is 0 Å². The van der Waals surface area contributed by atoms with Crippen molar-refractivity contribution in [1.29, 1.82) is 0 Å². The Morgan fingerprint density at radius 1 is 1.25 bits per heavy atom. The van der Waals surface area contributed by atoms with Gasteiger partial charge in [0.15, 0.2) is 5.13 Å². The molecule has 2 heterocycles. The summed E-state index contributed by atoms with van der Waals surface area (Å²) < 4.78 is 6.10. The Bertz CT molecular complexity index is 737. The number of methoxy groups -OCH3 is 1. The Labute approximate surface area is 119 Å². The number of benzene rings is 1. The number of hydrogen-bond donors (Lipinski definition) is 1. The highest BCUT2D eigenvalue weighted by atomic mass is 32.1. The summed E-state index contributed by atoms with van der Waals surface area (Å²) in [7, 11) is 1.48. The molecule has 20 heavy (non-hydrogen) atoms. The minimum atomic E-state index is -0.283. The second kappa shape index (κ2) is 5.26. The molecule has 0 aliphatic heterocycles. The number of nitrogens with zero attached hydrogens (tertiary/aromatic N) is 2. The number of aromatic nitrogens is 2. The first kappa shape index (κ1) is 12.6. The number of anilines is 1. The van der Waals surface area contributed by atoms with E-state index in [-0.39, 0.29) is 5.91 Å². The van der Waals surface area contributed by atoms with Crippen molar-refractivity contribution in [3.8, 4) is 5.88 Å². The average molecular weight is 285 g/mol. The van der Waals surface area contributed by atoms with Crippen molar-refractivity contribution < 1.29 is 9.53 Å². The third-order valence-electron chi connectivity index (χ3n) is 2.72. The molecule has 0 bridgehead atoms. The first-order chi connectivity index (χ1) is 9.78. The monoisotopic (exact) mass is 285 g/mol. The lowest BCUT2D eigenvalue weighted by Gasteiger charge is -2.05. The third kappa shape index (κ3) is 2.33. The second-order valence-electron chi connectivity index (χ2n) is 4.00. The number of carbonyl (C=O) groups excluding carboxylic acids is 1. The molecule has 1 N–H and O–H groups in total. The zero-order valence-corrected chi connectivity index (χ0v) is 11.5. The molecule has 2 aromatic heterocycles. The third-order valence-corrected chi connectivity index (χ3v) is 3.68. The van der Waals surface area contributed by atoms with Gasteiger partial charge in [0.25, 0.3) is 5.91 Å². The van der Waals surface area contributed by atoms with Crippen LogP contribution in [0.25, 0.3) is 10.2 Å². The molecule has 0 saturated heterocycles. The zero-order valence-electron chi connectivity index (χ0n) is 10.7. The smallest absolute Gasteiger partial charge is 0.262 e. The van der Waals surface area contributed by atoms with Crippen LogP contribution in [0.5, 0.6) is 5.88 Å². The van der Waals surface area contributed by atoms with E-state index in [0.717, 1.165) is 10.2 Å². The number of ether oxygens (including phenoxy) is 1. The fraction of sp³-hybridized carbons (Fsp3) is 0.0714. The normalized spacial score (nSPS) is 10.4. The van der Waals surface area contributed by atoms with Crippen molar-refractivity contribution in [2.45, 2.75) is 0 Å². The van der Waals surface area contributed by atoms with Gasteiger partial charge in [-0.15, -0.1) is 0 Å². The fourth-order valence-electron chi connectivity index (χ4n) is 1.82. The molecule has 0 atom stereocenters. The van der Waals surface area contributed by atoms with Crippen molar-refractivity contribution >= 4 is 32.6 Å². The minimum Gasteiger partial charge on any atom is -0.480 e. The summed E-state index contributed by atoms with van der Waals surface area (Å²) in [4.78, 5) is 20.6. The number of amides is 1. The van der Waals surface area contributed by atoms with Gasteiger partial charge in [-0.1, -0.05) is 23.5 Å². The maximum Gasteiger partial charge on any atom is 0.262 e. The molecule has 0 unspecified atom stereocenters. The van der Waals surface area contributed by atoms with Crippen molar-refractivity contribution in [3.63, 3.8) is 0 Å². The molecule has 6 heteroatoms. The lowest BCUT2D eigenvalue weighted by molar-refractivity contribution is 0.102. The largest absolute Gasteiger partial charge is 0.480 e. The Kier molecular flexibility index (Phi) is 3.30. The lowest BCUT2D eigenvalue weighted by Crippen LogP contribution is -2.13. The minimum absolute atomic E-state index is 0.283. The van der Waals surface area contributed by atoms with Crippen LogP contribution < -0.4 is 10.1 Å². The molecule has 1 aromatic carbocycles. The highest BCUT2D eigenvalue weighted by Gasteiger charge is 2.14. The average Bonchev–Trinajstić information content (AvgIpc) is 2.89. The number of thiazole rings is 1. The fourth-order valence-corrected chi connectivity index (χ4v) is 2.68. The zero-order chi connectivity index (χ0) is 13.9. The molecule has 0 saturated carbocycles. The number of nitrogens with one attached hydrogen (secondary N) is 1. The molecule has 0 fully saturated rings. The Morgan fingerprint density at radius 3 is 2.90 bits per heavy atom. The summed E-state index contributed by atoms with van der Waals surface area (Å²) >= 11 is 1.43. The Balaban J connectivity index is 1.88. The van der Waals surface area contributed by atoms with Gasteiger partial charge >= 0.3 is 0 Å². The van der Waals surface area contributed by atoms with E-state index in [1.807, 2.05) is 24.3 Å². The molecule has 3 rings (SSSR count). The molecular weight excluding hydrogens is 274 g/mol. The quantitative estimate of drug-likeness (QED) is 0.803. The molecular formula is C14H11N3O2S. The van der Waals surface area contributed by atoms with Gasteiger partial charge in [-0.25, -0.2) is 9.97 Å². The van der Waals surface area contributed by atoms with Gasteiger partial charge in [0.2, 0.25) is 5.88 Å². The number of para-hydroxylation sites is 1. The van der Waals surface area contributed by atoms with Crippen molar-refractivity contribution in [2.24, 2.45) is 0 Å². The number of hydrogen-bond acceptors (Lipinski definition) is 5.